The molecule has 5 rings (SSSR count). The summed E-state index contributed by atoms with van der Waals surface area (Å²) >= 11 is 0. The summed E-state index contributed by atoms with van der Waals surface area (Å²) in [6.45, 7) is 7.84. The molecule has 1 aliphatic heterocycles. The normalized spacial score (nSPS) is 17.4. The summed E-state index contributed by atoms with van der Waals surface area (Å²) in [6.07, 6.45) is 0.497. The highest BCUT2D eigenvalue weighted by Crippen LogP contribution is 2.39. The predicted molar refractivity (Wildman–Crippen MR) is 138 cm³/mol. The molecule has 208 valence electrons. The number of hydrogen-bond donors (Lipinski definition) is 1. The van der Waals surface area contributed by atoms with Gasteiger partial charge in [-0.25, -0.2) is 26.7 Å². The van der Waals surface area contributed by atoms with Crippen LogP contribution in [0, 0.1) is 0 Å². The van der Waals surface area contributed by atoms with E-state index in [1.54, 1.807) is 25.7 Å². The highest BCUT2D eigenvalue weighted by atomic mass is 32.2. The number of carbonyl (C=O) groups is 1. The van der Waals surface area contributed by atoms with Crippen molar-refractivity contribution in [2.75, 3.05) is 13.1 Å². The van der Waals surface area contributed by atoms with Crippen LogP contribution in [-0.2, 0) is 14.8 Å². The van der Waals surface area contributed by atoms with E-state index >= 15 is 0 Å². The summed E-state index contributed by atoms with van der Waals surface area (Å²) in [4.78, 5) is 14.1. The molecule has 1 N–H and O–H groups in total. The first-order valence-electron chi connectivity index (χ1n) is 12.5. The Morgan fingerprint density at radius 1 is 1.21 bits per heavy atom. The molecule has 10 nitrogen and oxygen atoms in total. The van der Waals surface area contributed by atoms with E-state index in [-0.39, 0.29) is 22.8 Å². The van der Waals surface area contributed by atoms with E-state index in [1.165, 1.54) is 18.2 Å². The predicted octanol–water partition coefficient (Wildman–Crippen LogP) is 5.08. The number of alkyl halides is 2. The van der Waals surface area contributed by atoms with E-state index < -0.39 is 39.4 Å². The number of halogens is 2. The van der Waals surface area contributed by atoms with Gasteiger partial charge in [0.05, 0.1) is 10.3 Å². The van der Waals surface area contributed by atoms with Crippen molar-refractivity contribution in [2.24, 2.45) is 0 Å². The molecular weight excluding hydrogens is 532 g/mol. The SMILES string of the molecule is CC1(NS(=O)(=O)c2cc(C3=CCN(C(=O)OC(C)(C)C)CC3)c3onc(-c4ccc(C(F)F)nn4)c3c2)CC1. The number of ether oxygens (including phenoxy) is 1. The van der Waals surface area contributed by atoms with E-state index in [9.17, 15) is 22.0 Å². The number of aromatic nitrogens is 3. The van der Waals surface area contributed by atoms with E-state index in [1.807, 2.05) is 13.0 Å². The van der Waals surface area contributed by atoms with Gasteiger partial charge in [-0.1, -0.05) is 11.2 Å². The molecule has 0 spiro atoms. The van der Waals surface area contributed by atoms with Crippen LogP contribution in [0.2, 0.25) is 0 Å². The molecule has 0 unspecified atom stereocenters. The van der Waals surface area contributed by atoms with Gasteiger partial charge in [0.2, 0.25) is 10.0 Å². The molecule has 13 heteroatoms. The van der Waals surface area contributed by atoms with Gasteiger partial charge in [0.1, 0.15) is 22.7 Å². The molecular formula is C26H29F2N5O5S. The molecule has 0 atom stereocenters. The third-order valence-corrected chi connectivity index (χ3v) is 8.21. The topological polar surface area (TPSA) is 128 Å². The van der Waals surface area contributed by atoms with Crippen molar-refractivity contribution in [2.45, 2.75) is 69.4 Å². The van der Waals surface area contributed by atoms with Gasteiger partial charge in [-0.2, -0.15) is 0 Å². The summed E-state index contributed by atoms with van der Waals surface area (Å²) in [5, 5.41) is 11.9. The lowest BCUT2D eigenvalue weighted by molar-refractivity contribution is 0.0270. The maximum atomic E-state index is 13.4. The maximum Gasteiger partial charge on any atom is 0.410 e. The minimum Gasteiger partial charge on any atom is -0.444 e. The fourth-order valence-corrected chi connectivity index (χ4v) is 5.78. The number of benzene rings is 1. The van der Waals surface area contributed by atoms with Gasteiger partial charge < -0.3 is 14.2 Å². The van der Waals surface area contributed by atoms with Crippen molar-refractivity contribution in [3.8, 4) is 11.4 Å². The summed E-state index contributed by atoms with van der Waals surface area (Å²) in [6, 6.07) is 5.46. The van der Waals surface area contributed by atoms with Gasteiger partial charge in [-0.3, -0.25) is 0 Å². The van der Waals surface area contributed by atoms with Crippen LogP contribution >= 0.6 is 0 Å². The fraction of sp³-hybridized carbons (Fsp3) is 0.462. The number of fused-ring (bicyclic) bond motifs is 1. The Hall–Kier alpha value is -3.45. The van der Waals surface area contributed by atoms with Gasteiger partial charge in [0.25, 0.3) is 6.43 Å². The first kappa shape index (κ1) is 27.1. The lowest BCUT2D eigenvalue weighted by Crippen LogP contribution is -2.39. The molecule has 2 aromatic heterocycles. The molecule has 1 aliphatic carbocycles. The molecule has 1 aromatic carbocycles. The average molecular weight is 562 g/mol. The lowest BCUT2D eigenvalue weighted by atomic mass is 9.97. The standard InChI is InChI=1S/C26H29F2N5O5S/c1-25(2,3)37-24(34)33-11-7-15(8-12-33)17-13-16(39(35,36)32-26(4)9-10-26)14-18-21(31-38-22(17)18)19-5-6-20(23(27)28)30-29-19/h5-7,13-14,23,32H,8-12H2,1-4H3. The number of rotatable bonds is 6. The molecule has 0 bridgehead atoms. The smallest absolute Gasteiger partial charge is 0.410 e. The van der Waals surface area contributed by atoms with E-state index in [2.05, 4.69) is 20.1 Å². The Morgan fingerprint density at radius 3 is 2.51 bits per heavy atom. The van der Waals surface area contributed by atoms with Crippen molar-refractivity contribution in [1.29, 1.82) is 0 Å². The van der Waals surface area contributed by atoms with Crippen LogP contribution in [0.3, 0.4) is 0 Å². The molecule has 3 aromatic rings. The minimum absolute atomic E-state index is 0.00945. The van der Waals surface area contributed by atoms with Crippen molar-refractivity contribution in [3.63, 3.8) is 0 Å². The van der Waals surface area contributed by atoms with Crippen LogP contribution in [0.25, 0.3) is 27.9 Å². The third-order valence-electron chi connectivity index (χ3n) is 6.59. The third kappa shape index (κ3) is 5.78. The largest absolute Gasteiger partial charge is 0.444 e. The number of hydrogen-bond acceptors (Lipinski definition) is 8. The Labute approximate surface area is 224 Å². The highest BCUT2D eigenvalue weighted by Gasteiger charge is 2.41. The van der Waals surface area contributed by atoms with Crippen LogP contribution in [0.1, 0.15) is 64.6 Å². The first-order chi connectivity index (χ1) is 18.2. The maximum absolute atomic E-state index is 13.4. The van der Waals surface area contributed by atoms with E-state index in [0.29, 0.717) is 29.5 Å². The van der Waals surface area contributed by atoms with Crippen LogP contribution < -0.4 is 4.72 Å². The Kier molecular flexibility index (Phi) is 6.70. The number of amides is 1. The summed E-state index contributed by atoms with van der Waals surface area (Å²) in [5.41, 5.74) is 0.325. The number of carbonyl (C=O) groups excluding carboxylic acids is 1. The van der Waals surface area contributed by atoms with E-state index in [4.69, 9.17) is 9.26 Å². The molecule has 0 radical (unpaired) electrons. The molecule has 0 saturated heterocycles. The zero-order valence-electron chi connectivity index (χ0n) is 22.0. The highest BCUT2D eigenvalue weighted by molar-refractivity contribution is 7.89. The summed E-state index contributed by atoms with van der Waals surface area (Å²) < 4.78 is 66.6. The van der Waals surface area contributed by atoms with Crippen LogP contribution in [0.15, 0.2) is 39.8 Å². The lowest BCUT2D eigenvalue weighted by Gasteiger charge is -2.29. The quantitative estimate of drug-likeness (QED) is 0.442. The van der Waals surface area contributed by atoms with Crippen molar-refractivity contribution in [3.05, 3.63) is 41.6 Å². The van der Waals surface area contributed by atoms with Gasteiger partial charge in [0, 0.05) is 24.2 Å². The molecule has 1 amide bonds. The zero-order chi connectivity index (χ0) is 28.2. The van der Waals surface area contributed by atoms with Gasteiger partial charge in [-0.05, 0) is 76.8 Å². The monoisotopic (exact) mass is 561 g/mol. The molecule has 3 heterocycles. The number of sulfonamides is 1. The number of nitrogens with zero attached hydrogens (tertiary/aromatic N) is 4. The minimum atomic E-state index is -3.91. The van der Waals surface area contributed by atoms with Gasteiger partial charge in [-0.15, -0.1) is 10.2 Å². The molecule has 1 fully saturated rings. The van der Waals surface area contributed by atoms with E-state index in [0.717, 1.165) is 24.5 Å². The second-order valence-electron chi connectivity index (χ2n) is 11.1. The summed E-state index contributed by atoms with van der Waals surface area (Å²) in [5.74, 6) is 0. The van der Waals surface area contributed by atoms with Crippen molar-refractivity contribution < 1.29 is 31.3 Å². The molecule has 1 saturated carbocycles. The average Bonchev–Trinajstić information content (AvgIpc) is 3.42. The first-order valence-corrected chi connectivity index (χ1v) is 14.0. The molecule has 39 heavy (non-hydrogen) atoms. The van der Waals surface area contributed by atoms with Gasteiger partial charge >= 0.3 is 6.09 Å². The fourth-order valence-electron chi connectivity index (χ4n) is 4.26. The second-order valence-corrected chi connectivity index (χ2v) is 12.8. The number of nitrogens with one attached hydrogen (secondary N) is 1. The van der Waals surface area contributed by atoms with Crippen molar-refractivity contribution >= 4 is 32.7 Å². The summed E-state index contributed by atoms with van der Waals surface area (Å²) in [7, 11) is -3.91. The van der Waals surface area contributed by atoms with Gasteiger partial charge in [0.15, 0.2) is 5.58 Å². The van der Waals surface area contributed by atoms with Crippen molar-refractivity contribution in [1.82, 2.24) is 25.0 Å². The Morgan fingerprint density at radius 2 is 1.95 bits per heavy atom. The molecule has 2 aliphatic rings. The second kappa shape index (κ2) is 9.63. The van der Waals surface area contributed by atoms with Crippen LogP contribution in [0.5, 0.6) is 0 Å². The van der Waals surface area contributed by atoms with Crippen LogP contribution in [0.4, 0.5) is 13.6 Å². The Balaban J connectivity index is 1.57. The zero-order valence-corrected chi connectivity index (χ0v) is 22.8. The Bertz CT molecular complexity index is 1560. The van der Waals surface area contributed by atoms with Crippen LogP contribution in [-0.4, -0.2) is 59.0 Å².